The molecule has 4 heteroatoms. The first kappa shape index (κ1) is 37.5. The van der Waals surface area contributed by atoms with Gasteiger partial charge in [-0.25, -0.2) is 0 Å². The largest absolute Gasteiger partial charge is 0.314 e. The van der Waals surface area contributed by atoms with Crippen molar-refractivity contribution < 1.29 is 0 Å². The van der Waals surface area contributed by atoms with Crippen molar-refractivity contribution >= 4 is 62.8 Å². The number of allylic oxidation sites excluding steroid dienone is 5. The number of benzene rings is 3. The summed E-state index contributed by atoms with van der Waals surface area (Å²) in [4.78, 5) is 6.86. The van der Waals surface area contributed by atoms with E-state index in [2.05, 4.69) is 194 Å². The van der Waals surface area contributed by atoms with Crippen molar-refractivity contribution in [3.05, 3.63) is 152 Å². The molecule has 10 rings (SSSR count). The molecule has 0 radical (unpaired) electrons. The summed E-state index contributed by atoms with van der Waals surface area (Å²) in [6.07, 6.45) is 12.3. The molecule has 0 N–H and O–H groups in total. The lowest BCUT2D eigenvalue weighted by atomic mass is 9.35. The molecule has 3 heterocycles. The minimum Gasteiger partial charge on any atom is -0.314 e. The second-order valence-corrected chi connectivity index (χ2v) is 21.6. The van der Waals surface area contributed by atoms with Crippen LogP contribution >= 0.6 is 11.3 Å². The molecule has 0 amide bonds. The second kappa shape index (κ2) is 12.9. The Balaban J connectivity index is 1.26. The van der Waals surface area contributed by atoms with Crippen LogP contribution in [-0.2, 0) is 11.8 Å². The SMILES string of the molecule is Cc1c#ccc(C)c1N1C2=C(C=CC(c3c(C)cccc3C)C2)B2c3sc4c(c3N(c3ccc(C(C)(C)C)cc3)c3cccc1c32)C=C1C(C4)C(C)(C)CCC1(C)C. The molecule has 0 spiro atoms. The topological polar surface area (TPSA) is 6.48 Å². The zero-order chi connectivity index (χ0) is 40.6. The fourth-order valence-electron chi connectivity index (χ4n) is 11.5. The number of rotatable bonds is 3. The molecule has 2 unspecified atom stereocenters. The molecule has 1 aromatic heterocycles. The van der Waals surface area contributed by atoms with Gasteiger partial charge in [0.1, 0.15) is 0 Å². The third-order valence-corrected chi connectivity index (χ3v) is 16.0. The second-order valence-electron chi connectivity index (χ2n) is 20.4. The third kappa shape index (κ3) is 5.52. The Morgan fingerprint density at radius 3 is 2.17 bits per heavy atom. The molecule has 5 aromatic rings. The lowest BCUT2D eigenvalue weighted by Gasteiger charge is -2.50. The molecule has 1 saturated carbocycles. The molecule has 58 heavy (non-hydrogen) atoms. The lowest BCUT2D eigenvalue weighted by molar-refractivity contribution is 0.124. The van der Waals surface area contributed by atoms with E-state index in [1.54, 1.807) is 10.5 Å². The predicted molar refractivity (Wildman–Crippen MR) is 250 cm³/mol. The number of nitrogens with zero attached hydrogens (tertiary/aromatic N) is 2. The van der Waals surface area contributed by atoms with Crippen molar-refractivity contribution in [1.82, 2.24) is 0 Å². The van der Waals surface area contributed by atoms with Crippen LogP contribution in [0.3, 0.4) is 0 Å². The highest BCUT2D eigenvalue weighted by Gasteiger charge is 2.50. The molecule has 2 aliphatic heterocycles. The van der Waals surface area contributed by atoms with Crippen molar-refractivity contribution in [3.8, 4) is 0 Å². The quantitative estimate of drug-likeness (QED) is 0.168. The molecular weight excluding hydrogens is 719 g/mol. The summed E-state index contributed by atoms with van der Waals surface area (Å²) < 4.78 is 1.50. The third-order valence-electron chi connectivity index (χ3n) is 14.8. The fourth-order valence-corrected chi connectivity index (χ4v) is 12.9. The number of aryl methyl sites for hydroxylation is 3. The van der Waals surface area contributed by atoms with Gasteiger partial charge in [-0.05, 0) is 145 Å². The number of hydrogen-bond donors (Lipinski definition) is 0. The Morgan fingerprint density at radius 2 is 1.48 bits per heavy atom. The molecule has 5 aliphatic rings. The van der Waals surface area contributed by atoms with Crippen LogP contribution in [0, 0.1) is 56.6 Å². The molecule has 2 atom stereocenters. The molecule has 1 fully saturated rings. The number of anilines is 5. The standard InChI is InChI=1S/C54H57BN2S/c1-32-15-12-16-33(2)47(32)36-21-26-42-45(29-36)57(49-34(3)17-13-18-35(49)4)44-20-14-19-43-48(44)55(42)51-50(56(43)38-24-22-37(23-25-38)52(5,6)7)39-30-40-41(31-46(39)58-51)54(10,11)28-27-53(40,8)9/h12,14-17,19-26,30,36,41H,27-29,31H2,1-11H3. The van der Waals surface area contributed by atoms with Gasteiger partial charge in [-0.2, -0.15) is 11.3 Å². The Bertz CT molecular complexity index is 2580. The van der Waals surface area contributed by atoms with Gasteiger partial charge in [0, 0.05) is 49.5 Å². The van der Waals surface area contributed by atoms with E-state index in [0.29, 0.717) is 11.8 Å². The van der Waals surface area contributed by atoms with E-state index < -0.39 is 0 Å². The van der Waals surface area contributed by atoms with E-state index in [1.807, 2.05) is 0 Å². The molecule has 0 saturated heterocycles. The summed E-state index contributed by atoms with van der Waals surface area (Å²) in [5, 5.41) is 0. The van der Waals surface area contributed by atoms with Gasteiger partial charge >= 0.3 is 0 Å². The maximum absolute atomic E-state index is 3.50. The molecule has 2 nitrogen and oxygen atoms in total. The Labute approximate surface area is 352 Å². The van der Waals surface area contributed by atoms with E-state index in [9.17, 15) is 0 Å². The van der Waals surface area contributed by atoms with E-state index in [-0.39, 0.29) is 23.0 Å². The summed E-state index contributed by atoms with van der Waals surface area (Å²) in [6, 6.07) is 32.3. The summed E-state index contributed by atoms with van der Waals surface area (Å²) in [7, 11) is 0. The van der Waals surface area contributed by atoms with Gasteiger partial charge in [0.05, 0.1) is 11.4 Å². The van der Waals surface area contributed by atoms with Gasteiger partial charge in [0.25, 0.3) is 6.71 Å². The molecule has 3 aliphatic carbocycles. The van der Waals surface area contributed by atoms with Gasteiger partial charge < -0.3 is 9.80 Å². The zero-order valence-corrected chi connectivity index (χ0v) is 37.3. The maximum atomic E-state index is 3.50. The van der Waals surface area contributed by atoms with Crippen LogP contribution in [0.1, 0.15) is 117 Å². The fraction of sp³-hybridized carbons (Fsp3) is 0.370. The van der Waals surface area contributed by atoms with Crippen molar-refractivity contribution in [1.29, 1.82) is 0 Å². The van der Waals surface area contributed by atoms with Crippen LogP contribution in [0.2, 0.25) is 0 Å². The smallest absolute Gasteiger partial charge is 0.264 e. The van der Waals surface area contributed by atoms with Crippen LogP contribution < -0.4 is 20.0 Å². The summed E-state index contributed by atoms with van der Waals surface area (Å²) >= 11 is 2.12. The highest BCUT2D eigenvalue weighted by Crippen LogP contribution is 2.59. The summed E-state index contributed by atoms with van der Waals surface area (Å²) in [5.74, 6) is 0.851. The summed E-state index contributed by atoms with van der Waals surface area (Å²) in [6.45, 7) is 26.2. The first-order chi connectivity index (χ1) is 27.5. The van der Waals surface area contributed by atoms with Crippen LogP contribution in [-0.4, -0.2) is 6.71 Å². The minimum absolute atomic E-state index is 0.0776. The van der Waals surface area contributed by atoms with E-state index in [1.165, 1.54) is 96.1 Å². The van der Waals surface area contributed by atoms with Gasteiger partial charge in [0.2, 0.25) is 0 Å². The van der Waals surface area contributed by atoms with Crippen LogP contribution in [0.5, 0.6) is 0 Å². The molecule has 292 valence electrons. The van der Waals surface area contributed by atoms with Gasteiger partial charge in [0.15, 0.2) is 0 Å². The summed E-state index contributed by atoms with van der Waals surface area (Å²) in [5.41, 5.74) is 22.4. The number of thiophene rings is 1. The van der Waals surface area contributed by atoms with E-state index in [0.717, 1.165) is 18.4 Å². The Hall–Kier alpha value is -4.72. The number of fused-ring (bicyclic) bond motifs is 6. The lowest BCUT2D eigenvalue weighted by Crippen LogP contribution is -2.55. The monoisotopic (exact) mass is 776 g/mol. The highest BCUT2D eigenvalue weighted by molar-refractivity contribution is 7.28. The maximum Gasteiger partial charge on any atom is 0.264 e. The van der Waals surface area contributed by atoms with E-state index in [4.69, 9.17) is 0 Å². The first-order valence-corrected chi connectivity index (χ1v) is 22.4. The van der Waals surface area contributed by atoms with Crippen molar-refractivity contribution in [2.45, 2.75) is 113 Å². The average Bonchev–Trinajstić information content (AvgIpc) is 3.55. The Morgan fingerprint density at radius 1 is 0.793 bits per heavy atom. The van der Waals surface area contributed by atoms with Crippen molar-refractivity contribution in [3.63, 3.8) is 0 Å². The highest BCUT2D eigenvalue weighted by atomic mass is 32.1. The predicted octanol–water partition coefficient (Wildman–Crippen LogP) is 13.4. The van der Waals surface area contributed by atoms with Crippen LogP contribution in [0.15, 0.2) is 95.6 Å². The molecular formula is C54H57BN2S. The zero-order valence-electron chi connectivity index (χ0n) is 36.4. The van der Waals surface area contributed by atoms with Crippen molar-refractivity contribution in [2.24, 2.45) is 16.7 Å². The van der Waals surface area contributed by atoms with Gasteiger partial charge in [-0.15, -0.1) is 0 Å². The van der Waals surface area contributed by atoms with Crippen LogP contribution in [0.4, 0.5) is 28.4 Å². The van der Waals surface area contributed by atoms with Crippen LogP contribution in [0.25, 0.3) is 6.08 Å². The van der Waals surface area contributed by atoms with E-state index >= 15 is 0 Å². The minimum atomic E-state index is 0.0776. The molecule has 0 bridgehead atoms. The Kier molecular flexibility index (Phi) is 8.35. The van der Waals surface area contributed by atoms with Crippen molar-refractivity contribution in [2.75, 3.05) is 9.80 Å². The molecule has 4 aromatic carbocycles. The van der Waals surface area contributed by atoms with Gasteiger partial charge in [-0.1, -0.05) is 121 Å². The average molecular weight is 777 g/mol. The normalized spacial score (nSPS) is 21.1. The number of hydrogen-bond acceptors (Lipinski definition) is 3. The van der Waals surface area contributed by atoms with Gasteiger partial charge in [-0.3, -0.25) is 0 Å². The first-order valence-electron chi connectivity index (χ1n) is 21.6.